The Bertz CT molecular complexity index is 364. The SMILES string of the molecule is COc1cc(F)c(C=O)c(F)c1OC. The molecular formula is C9H8F2O3. The Labute approximate surface area is 79.2 Å². The third kappa shape index (κ3) is 1.53. The van der Waals surface area contributed by atoms with Gasteiger partial charge in [-0.1, -0.05) is 0 Å². The van der Waals surface area contributed by atoms with Crippen molar-refractivity contribution in [2.75, 3.05) is 14.2 Å². The van der Waals surface area contributed by atoms with Crippen molar-refractivity contribution in [2.45, 2.75) is 0 Å². The van der Waals surface area contributed by atoms with Crippen molar-refractivity contribution in [3.63, 3.8) is 0 Å². The van der Waals surface area contributed by atoms with Crippen molar-refractivity contribution in [3.8, 4) is 11.5 Å². The van der Waals surface area contributed by atoms with Crippen molar-refractivity contribution in [3.05, 3.63) is 23.3 Å². The Balaban J connectivity index is 3.46. The summed E-state index contributed by atoms with van der Waals surface area (Å²) in [4.78, 5) is 10.3. The lowest BCUT2D eigenvalue weighted by Gasteiger charge is -2.09. The normalized spacial score (nSPS) is 9.71. The molecule has 0 N–H and O–H groups in total. The minimum absolute atomic E-state index is 0.0897. The molecule has 0 atom stereocenters. The van der Waals surface area contributed by atoms with Crippen LogP contribution in [-0.4, -0.2) is 20.5 Å². The molecule has 1 rings (SSSR count). The maximum absolute atomic E-state index is 13.3. The van der Waals surface area contributed by atoms with E-state index in [-0.39, 0.29) is 17.8 Å². The van der Waals surface area contributed by atoms with Gasteiger partial charge in [0.15, 0.2) is 23.6 Å². The fourth-order valence-electron chi connectivity index (χ4n) is 1.04. The molecule has 0 aliphatic carbocycles. The van der Waals surface area contributed by atoms with Crippen LogP contribution in [0.5, 0.6) is 11.5 Å². The van der Waals surface area contributed by atoms with Gasteiger partial charge >= 0.3 is 0 Å². The Hall–Kier alpha value is -1.65. The summed E-state index contributed by atoms with van der Waals surface area (Å²) < 4.78 is 35.6. The van der Waals surface area contributed by atoms with Gasteiger partial charge in [0.05, 0.1) is 19.8 Å². The molecule has 0 heterocycles. The third-order valence-corrected chi connectivity index (χ3v) is 1.72. The molecule has 0 aliphatic heterocycles. The molecule has 3 nitrogen and oxygen atoms in total. The van der Waals surface area contributed by atoms with E-state index in [4.69, 9.17) is 0 Å². The van der Waals surface area contributed by atoms with Gasteiger partial charge in [0.25, 0.3) is 0 Å². The molecule has 76 valence electrons. The van der Waals surface area contributed by atoms with Crippen molar-refractivity contribution in [1.82, 2.24) is 0 Å². The highest BCUT2D eigenvalue weighted by Gasteiger charge is 2.19. The first kappa shape index (κ1) is 10.4. The van der Waals surface area contributed by atoms with Crippen LogP contribution in [0, 0.1) is 11.6 Å². The second-order valence-electron chi connectivity index (χ2n) is 2.44. The quantitative estimate of drug-likeness (QED) is 0.701. The van der Waals surface area contributed by atoms with Crippen molar-refractivity contribution in [1.29, 1.82) is 0 Å². The predicted molar refractivity (Wildman–Crippen MR) is 44.8 cm³/mol. The number of carbonyl (C=O) groups excluding carboxylic acids is 1. The maximum atomic E-state index is 13.3. The fraction of sp³-hybridized carbons (Fsp3) is 0.222. The van der Waals surface area contributed by atoms with Crippen molar-refractivity contribution < 1.29 is 23.0 Å². The van der Waals surface area contributed by atoms with Crippen LogP contribution < -0.4 is 9.47 Å². The minimum atomic E-state index is -1.06. The monoisotopic (exact) mass is 202 g/mol. The highest BCUT2D eigenvalue weighted by atomic mass is 19.1. The van der Waals surface area contributed by atoms with Crippen LogP contribution >= 0.6 is 0 Å². The number of hydrogen-bond acceptors (Lipinski definition) is 3. The zero-order valence-electron chi connectivity index (χ0n) is 7.64. The van der Waals surface area contributed by atoms with Gasteiger partial charge in [-0.25, -0.2) is 8.78 Å². The summed E-state index contributed by atoms with van der Waals surface area (Å²) >= 11 is 0. The van der Waals surface area contributed by atoms with Crippen LogP contribution in [0.2, 0.25) is 0 Å². The summed E-state index contributed by atoms with van der Waals surface area (Å²) in [5.74, 6) is -2.40. The Morgan fingerprint density at radius 3 is 2.36 bits per heavy atom. The van der Waals surface area contributed by atoms with E-state index in [0.29, 0.717) is 0 Å². The second kappa shape index (κ2) is 4.04. The lowest BCUT2D eigenvalue weighted by molar-refractivity contribution is 0.111. The molecule has 5 heteroatoms. The summed E-state index contributed by atoms with van der Waals surface area (Å²) in [6.45, 7) is 0. The summed E-state index contributed by atoms with van der Waals surface area (Å²) in [6, 6.07) is 0.894. The molecule has 14 heavy (non-hydrogen) atoms. The lowest BCUT2D eigenvalue weighted by atomic mass is 10.2. The molecule has 0 spiro atoms. The van der Waals surface area contributed by atoms with E-state index in [1.807, 2.05) is 0 Å². The first-order chi connectivity index (χ1) is 6.65. The highest BCUT2D eigenvalue weighted by Crippen LogP contribution is 2.33. The smallest absolute Gasteiger partial charge is 0.197 e. The third-order valence-electron chi connectivity index (χ3n) is 1.72. The number of hydrogen-bond donors (Lipinski definition) is 0. The van der Waals surface area contributed by atoms with Crippen LogP contribution in [0.4, 0.5) is 8.78 Å². The van der Waals surface area contributed by atoms with Gasteiger partial charge in [0.2, 0.25) is 0 Å². The molecule has 1 aromatic rings. The summed E-state index contributed by atoms with van der Waals surface area (Å²) in [5.41, 5.74) is -0.664. The van der Waals surface area contributed by atoms with Crippen molar-refractivity contribution >= 4 is 6.29 Å². The number of rotatable bonds is 3. The van der Waals surface area contributed by atoms with Gasteiger partial charge in [-0.05, 0) is 0 Å². The number of halogens is 2. The maximum Gasteiger partial charge on any atom is 0.197 e. The molecule has 0 radical (unpaired) electrons. The minimum Gasteiger partial charge on any atom is -0.493 e. The highest BCUT2D eigenvalue weighted by molar-refractivity contribution is 5.77. The van der Waals surface area contributed by atoms with E-state index >= 15 is 0 Å². The Morgan fingerprint density at radius 2 is 1.93 bits per heavy atom. The molecular weight excluding hydrogens is 194 g/mol. The fourth-order valence-corrected chi connectivity index (χ4v) is 1.04. The Morgan fingerprint density at radius 1 is 1.29 bits per heavy atom. The standard InChI is InChI=1S/C9H8F2O3/c1-13-7-3-6(10)5(4-12)8(11)9(7)14-2/h3-4H,1-2H3. The predicted octanol–water partition coefficient (Wildman–Crippen LogP) is 1.79. The van der Waals surface area contributed by atoms with Gasteiger partial charge in [-0.2, -0.15) is 0 Å². The van der Waals surface area contributed by atoms with Gasteiger partial charge in [-0.15, -0.1) is 0 Å². The first-order valence-corrected chi connectivity index (χ1v) is 3.70. The lowest BCUT2D eigenvalue weighted by Crippen LogP contribution is -2.00. The molecule has 0 bridgehead atoms. The molecule has 0 amide bonds. The molecule has 0 saturated carbocycles. The molecule has 0 aromatic heterocycles. The summed E-state index contributed by atoms with van der Waals surface area (Å²) in [5, 5.41) is 0. The molecule has 0 unspecified atom stereocenters. The van der Waals surface area contributed by atoms with Crippen LogP contribution in [0.3, 0.4) is 0 Å². The molecule has 0 aliphatic rings. The van der Waals surface area contributed by atoms with Gasteiger partial charge in [0.1, 0.15) is 5.82 Å². The number of aldehydes is 1. The largest absolute Gasteiger partial charge is 0.493 e. The molecule has 0 saturated heterocycles. The topological polar surface area (TPSA) is 35.5 Å². The number of ether oxygens (including phenoxy) is 2. The number of carbonyl (C=O) groups is 1. The number of methoxy groups -OCH3 is 2. The van der Waals surface area contributed by atoms with Gasteiger partial charge < -0.3 is 9.47 Å². The van der Waals surface area contributed by atoms with Gasteiger partial charge in [-0.3, -0.25) is 4.79 Å². The number of benzene rings is 1. The zero-order chi connectivity index (χ0) is 10.7. The van der Waals surface area contributed by atoms with E-state index in [0.717, 1.165) is 6.07 Å². The zero-order valence-corrected chi connectivity index (χ0v) is 7.64. The van der Waals surface area contributed by atoms with E-state index < -0.39 is 17.2 Å². The van der Waals surface area contributed by atoms with Crippen LogP contribution in [0.15, 0.2) is 6.07 Å². The van der Waals surface area contributed by atoms with Gasteiger partial charge in [0, 0.05) is 6.07 Å². The van der Waals surface area contributed by atoms with E-state index in [1.165, 1.54) is 14.2 Å². The van der Waals surface area contributed by atoms with E-state index in [2.05, 4.69) is 9.47 Å². The van der Waals surface area contributed by atoms with Crippen LogP contribution in [0.1, 0.15) is 10.4 Å². The van der Waals surface area contributed by atoms with E-state index in [1.54, 1.807) is 0 Å². The van der Waals surface area contributed by atoms with Crippen LogP contribution in [-0.2, 0) is 0 Å². The Kier molecular flexibility index (Phi) is 3.01. The summed E-state index contributed by atoms with van der Waals surface area (Å²) in [7, 11) is 2.45. The van der Waals surface area contributed by atoms with Crippen molar-refractivity contribution in [2.24, 2.45) is 0 Å². The first-order valence-electron chi connectivity index (χ1n) is 3.70. The average molecular weight is 202 g/mol. The second-order valence-corrected chi connectivity index (χ2v) is 2.44. The molecule has 0 fully saturated rings. The summed E-state index contributed by atoms with van der Waals surface area (Å²) in [6.07, 6.45) is 0.0899. The van der Waals surface area contributed by atoms with E-state index in [9.17, 15) is 13.6 Å². The van der Waals surface area contributed by atoms with Crippen LogP contribution in [0.25, 0.3) is 0 Å². The molecule has 1 aromatic carbocycles. The average Bonchev–Trinajstić information content (AvgIpc) is 2.17.